The first kappa shape index (κ1) is 16.0. The minimum atomic E-state index is -0.0329. The van der Waals surface area contributed by atoms with Gasteiger partial charge in [0, 0.05) is 20.1 Å². The number of likely N-dealkylation sites (tertiary alicyclic amines) is 1. The summed E-state index contributed by atoms with van der Waals surface area (Å²) in [7, 11) is 1.80. The van der Waals surface area contributed by atoms with Crippen LogP contribution < -0.4 is 5.56 Å². The Balaban J connectivity index is 1.58. The number of aryl methyl sites for hydroxylation is 2. The molecule has 0 bridgehead atoms. The topological polar surface area (TPSA) is 77.0 Å². The van der Waals surface area contributed by atoms with Crippen molar-refractivity contribution in [3.63, 3.8) is 0 Å². The fraction of sp³-hybridized carbons (Fsp3) is 0.444. The molecule has 3 heterocycles. The van der Waals surface area contributed by atoms with E-state index < -0.39 is 0 Å². The molecule has 0 unspecified atom stereocenters. The molecule has 0 aliphatic carbocycles. The average molecular weight is 339 g/mol. The molecule has 1 aliphatic rings. The normalized spacial score (nSPS) is 18.7. The molecule has 2 aromatic heterocycles. The Kier molecular flexibility index (Phi) is 4.09. The summed E-state index contributed by atoms with van der Waals surface area (Å²) < 4.78 is 7.01. The summed E-state index contributed by atoms with van der Waals surface area (Å²) in [6.07, 6.45) is 2.07. The fourth-order valence-electron chi connectivity index (χ4n) is 3.53. The van der Waals surface area contributed by atoms with Gasteiger partial charge >= 0.3 is 0 Å². The lowest BCUT2D eigenvalue weighted by Crippen LogP contribution is -2.37. The van der Waals surface area contributed by atoms with Crippen LogP contribution in [0, 0.1) is 6.92 Å². The minimum Gasteiger partial charge on any atom is -0.339 e. The minimum absolute atomic E-state index is 0.0329. The Morgan fingerprint density at radius 1 is 1.28 bits per heavy atom. The number of nitrogens with zero attached hydrogens (tertiary/aromatic N) is 5. The predicted molar refractivity (Wildman–Crippen MR) is 93.3 cm³/mol. The molecule has 1 aromatic carbocycles. The Morgan fingerprint density at radius 2 is 2.12 bits per heavy atom. The summed E-state index contributed by atoms with van der Waals surface area (Å²) in [5, 5.41) is 3.89. The Hall–Kier alpha value is -2.54. The van der Waals surface area contributed by atoms with E-state index >= 15 is 0 Å². The number of hydrogen-bond donors (Lipinski definition) is 0. The van der Waals surface area contributed by atoms with E-state index in [2.05, 4.69) is 20.0 Å². The monoisotopic (exact) mass is 339 g/mol. The lowest BCUT2D eigenvalue weighted by Gasteiger charge is -2.30. The highest BCUT2D eigenvalue weighted by molar-refractivity contribution is 5.74. The Morgan fingerprint density at radius 3 is 2.92 bits per heavy atom. The summed E-state index contributed by atoms with van der Waals surface area (Å²) in [6, 6.07) is 7.73. The van der Waals surface area contributed by atoms with Crippen LogP contribution in [0.5, 0.6) is 0 Å². The van der Waals surface area contributed by atoms with Gasteiger partial charge in [-0.25, -0.2) is 4.98 Å². The third-order valence-corrected chi connectivity index (χ3v) is 4.82. The summed E-state index contributed by atoms with van der Waals surface area (Å²) >= 11 is 0. The molecule has 4 rings (SSSR count). The van der Waals surface area contributed by atoms with Gasteiger partial charge in [0.1, 0.15) is 5.69 Å². The zero-order valence-corrected chi connectivity index (χ0v) is 14.5. The molecular formula is C18H21N5O2. The number of benzene rings is 1. The number of para-hydroxylation sites is 2. The molecule has 0 spiro atoms. The largest absolute Gasteiger partial charge is 0.339 e. The van der Waals surface area contributed by atoms with Gasteiger partial charge in [-0.3, -0.25) is 9.69 Å². The van der Waals surface area contributed by atoms with Gasteiger partial charge in [0.05, 0.1) is 17.0 Å². The lowest BCUT2D eigenvalue weighted by atomic mass is 9.98. The molecule has 0 radical (unpaired) electrons. The molecule has 1 atom stereocenters. The molecule has 1 aliphatic heterocycles. The van der Waals surface area contributed by atoms with Crippen molar-refractivity contribution < 1.29 is 4.52 Å². The molecule has 1 saturated heterocycles. The van der Waals surface area contributed by atoms with Gasteiger partial charge < -0.3 is 9.09 Å². The molecule has 0 amide bonds. The van der Waals surface area contributed by atoms with Crippen LogP contribution in [0.4, 0.5) is 0 Å². The molecular weight excluding hydrogens is 318 g/mol. The highest BCUT2D eigenvalue weighted by atomic mass is 16.5. The SMILES string of the molecule is Cc1noc([C@H]2CCCN(Cc3nc4ccccc4n(C)c3=O)C2)n1. The predicted octanol–water partition coefficient (Wildman–Crippen LogP) is 2.00. The molecule has 7 heteroatoms. The van der Waals surface area contributed by atoms with Crippen LogP contribution in [-0.2, 0) is 13.6 Å². The van der Waals surface area contributed by atoms with Gasteiger partial charge in [0.2, 0.25) is 5.89 Å². The highest BCUT2D eigenvalue weighted by Gasteiger charge is 2.26. The summed E-state index contributed by atoms with van der Waals surface area (Å²) in [5.41, 5.74) is 2.26. The first-order chi connectivity index (χ1) is 12.1. The second-order valence-electron chi connectivity index (χ2n) is 6.67. The maximum absolute atomic E-state index is 12.6. The van der Waals surface area contributed by atoms with Crippen LogP contribution in [0.3, 0.4) is 0 Å². The van der Waals surface area contributed by atoms with Crippen molar-refractivity contribution in [3.8, 4) is 0 Å². The van der Waals surface area contributed by atoms with E-state index in [1.807, 2.05) is 31.2 Å². The van der Waals surface area contributed by atoms with Gasteiger partial charge in [0.25, 0.3) is 5.56 Å². The molecule has 0 saturated carbocycles. The van der Waals surface area contributed by atoms with Crippen molar-refractivity contribution in [2.75, 3.05) is 13.1 Å². The highest BCUT2D eigenvalue weighted by Crippen LogP contribution is 2.26. The maximum Gasteiger partial charge on any atom is 0.273 e. The van der Waals surface area contributed by atoms with E-state index in [9.17, 15) is 4.79 Å². The van der Waals surface area contributed by atoms with Gasteiger partial charge in [-0.2, -0.15) is 4.98 Å². The van der Waals surface area contributed by atoms with Crippen LogP contribution in [0.25, 0.3) is 11.0 Å². The zero-order chi connectivity index (χ0) is 17.4. The van der Waals surface area contributed by atoms with Crippen molar-refractivity contribution in [2.24, 2.45) is 7.05 Å². The quantitative estimate of drug-likeness (QED) is 0.726. The summed E-state index contributed by atoms with van der Waals surface area (Å²) in [6.45, 7) is 4.12. The lowest BCUT2D eigenvalue weighted by molar-refractivity contribution is 0.178. The van der Waals surface area contributed by atoms with Crippen LogP contribution in [0.15, 0.2) is 33.6 Å². The number of hydrogen-bond acceptors (Lipinski definition) is 6. The van der Waals surface area contributed by atoms with E-state index in [0.29, 0.717) is 24.0 Å². The molecule has 1 fully saturated rings. The molecule has 0 N–H and O–H groups in total. The second-order valence-corrected chi connectivity index (χ2v) is 6.67. The van der Waals surface area contributed by atoms with Crippen LogP contribution >= 0.6 is 0 Å². The number of rotatable bonds is 3. The molecule has 3 aromatic rings. The molecule has 25 heavy (non-hydrogen) atoms. The number of fused-ring (bicyclic) bond motifs is 1. The zero-order valence-electron chi connectivity index (χ0n) is 14.5. The van der Waals surface area contributed by atoms with E-state index in [1.54, 1.807) is 11.6 Å². The van der Waals surface area contributed by atoms with Crippen LogP contribution in [0.2, 0.25) is 0 Å². The van der Waals surface area contributed by atoms with Gasteiger partial charge in [-0.15, -0.1) is 0 Å². The van der Waals surface area contributed by atoms with Gasteiger partial charge in [-0.1, -0.05) is 17.3 Å². The Labute approximate surface area is 145 Å². The van der Waals surface area contributed by atoms with Crippen molar-refractivity contribution in [3.05, 3.63) is 52.0 Å². The van der Waals surface area contributed by atoms with Crippen molar-refractivity contribution in [1.82, 2.24) is 24.6 Å². The van der Waals surface area contributed by atoms with E-state index in [0.717, 1.165) is 37.0 Å². The van der Waals surface area contributed by atoms with E-state index in [1.165, 1.54) is 0 Å². The van der Waals surface area contributed by atoms with Crippen molar-refractivity contribution in [1.29, 1.82) is 0 Å². The third-order valence-electron chi connectivity index (χ3n) is 4.82. The first-order valence-corrected chi connectivity index (χ1v) is 8.59. The summed E-state index contributed by atoms with van der Waals surface area (Å²) in [4.78, 5) is 23.9. The smallest absolute Gasteiger partial charge is 0.273 e. The third kappa shape index (κ3) is 3.07. The first-order valence-electron chi connectivity index (χ1n) is 8.59. The average Bonchev–Trinajstić information content (AvgIpc) is 3.06. The number of aromatic nitrogens is 4. The van der Waals surface area contributed by atoms with Gasteiger partial charge in [0.15, 0.2) is 5.82 Å². The second kappa shape index (κ2) is 6.40. The van der Waals surface area contributed by atoms with Crippen molar-refractivity contribution in [2.45, 2.75) is 32.2 Å². The molecule has 130 valence electrons. The van der Waals surface area contributed by atoms with Crippen molar-refractivity contribution >= 4 is 11.0 Å². The molecule has 7 nitrogen and oxygen atoms in total. The van der Waals surface area contributed by atoms with Crippen LogP contribution in [0.1, 0.15) is 36.2 Å². The Bertz CT molecular complexity index is 961. The number of piperidine rings is 1. The fourth-order valence-corrected chi connectivity index (χ4v) is 3.53. The van der Waals surface area contributed by atoms with E-state index in [-0.39, 0.29) is 11.5 Å². The van der Waals surface area contributed by atoms with Crippen LogP contribution in [-0.4, -0.2) is 37.7 Å². The van der Waals surface area contributed by atoms with Gasteiger partial charge in [-0.05, 0) is 38.4 Å². The maximum atomic E-state index is 12.6. The summed E-state index contributed by atoms with van der Waals surface area (Å²) in [5.74, 6) is 1.58. The standard InChI is InChI=1S/C18H21N5O2/c1-12-19-17(25-21-12)13-6-5-9-23(10-13)11-15-18(24)22(2)16-8-4-3-7-14(16)20-15/h3-4,7-8,13H,5-6,9-11H2,1-2H3/t13-/m0/s1. The van der Waals surface area contributed by atoms with E-state index in [4.69, 9.17) is 4.52 Å².